The lowest BCUT2D eigenvalue weighted by Gasteiger charge is -2.04. The van der Waals surface area contributed by atoms with Crippen molar-refractivity contribution in [1.29, 1.82) is 0 Å². The van der Waals surface area contributed by atoms with Crippen LogP contribution in [0.2, 0.25) is 0 Å². The van der Waals surface area contributed by atoms with Gasteiger partial charge in [0.2, 0.25) is 0 Å². The molecule has 14 heavy (non-hydrogen) atoms. The normalized spacial score (nSPS) is 10.7. The minimum Gasteiger partial charge on any atom is -0.478 e. The number of carbonyl (C=O) groups is 1. The van der Waals surface area contributed by atoms with Gasteiger partial charge in [-0.2, -0.15) is 0 Å². The zero-order chi connectivity index (χ0) is 11.4. The maximum atomic E-state index is 9.25. The predicted octanol–water partition coefficient (Wildman–Crippen LogP) is -0.201. The molecule has 0 saturated carbocycles. The van der Waals surface area contributed by atoms with Crippen molar-refractivity contribution in [2.24, 2.45) is 0 Å². The minimum absolute atomic E-state index is 0.169. The summed E-state index contributed by atoms with van der Waals surface area (Å²) in [6, 6.07) is 0. The van der Waals surface area contributed by atoms with Crippen molar-refractivity contribution in [2.75, 3.05) is 19.8 Å². The van der Waals surface area contributed by atoms with Crippen LogP contribution in [-0.2, 0) is 9.53 Å². The third-order valence-electron chi connectivity index (χ3n) is 0.931. The maximum Gasteiger partial charge on any atom is 0.327 e. The summed E-state index contributed by atoms with van der Waals surface area (Å²) in [6.07, 6.45) is 1.66. The van der Waals surface area contributed by atoms with Crippen LogP contribution >= 0.6 is 0 Å². The summed E-state index contributed by atoms with van der Waals surface area (Å²) in [5.41, 5.74) is 0. The molecule has 0 saturated heterocycles. The van der Waals surface area contributed by atoms with E-state index in [9.17, 15) is 4.79 Å². The summed E-state index contributed by atoms with van der Waals surface area (Å²) in [5, 5.41) is 24.6. The molecule has 0 heterocycles. The zero-order valence-electron chi connectivity index (χ0n) is 7.93. The van der Waals surface area contributed by atoms with Gasteiger partial charge in [-0.1, -0.05) is 12.7 Å². The summed E-state index contributed by atoms with van der Waals surface area (Å²) >= 11 is 0. The number of rotatable bonds is 6. The molecule has 5 heteroatoms. The van der Waals surface area contributed by atoms with E-state index in [1.807, 2.05) is 0 Å². The number of ether oxygens (including phenoxy) is 1. The third kappa shape index (κ3) is 17.1. The fourth-order valence-corrected chi connectivity index (χ4v) is 0.340. The summed E-state index contributed by atoms with van der Waals surface area (Å²) < 4.78 is 4.81. The number of aliphatic carboxylic acids is 1. The van der Waals surface area contributed by atoms with Gasteiger partial charge in [-0.25, -0.2) is 4.79 Å². The van der Waals surface area contributed by atoms with Crippen LogP contribution in [0.5, 0.6) is 0 Å². The van der Waals surface area contributed by atoms with E-state index in [-0.39, 0.29) is 13.2 Å². The highest BCUT2D eigenvalue weighted by molar-refractivity contribution is 5.78. The molecule has 0 bridgehead atoms. The molecular weight excluding hydrogens is 188 g/mol. The summed E-state index contributed by atoms with van der Waals surface area (Å²) in [7, 11) is 0. The molecule has 3 N–H and O–H groups in total. The van der Waals surface area contributed by atoms with Crippen LogP contribution in [0.25, 0.3) is 0 Å². The number of aliphatic hydroxyl groups excluding tert-OH is 2. The first-order valence-electron chi connectivity index (χ1n) is 3.91. The lowest BCUT2D eigenvalue weighted by molar-refractivity contribution is -0.131. The molecule has 0 rings (SSSR count). The molecule has 0 fully saturated rings. The molecule has 0 aliphatic carbocycles. The molecule has 82 valence electrons. The lowest BCUT2D eigenvalue weighted by atomic mass is 10.4. The Morgan fingerprint density at radius 2 is 2.00 bits per heavy atom. The van der Waals surface area contributed by atoms with Gasteiger partial charge >= 0.3 is 5.97 Å². The van der Waals surface area contributed by atoms with E-state index >= 15 is 0 Å². The molecule has 5 nitrogen and oxygen atoms in total. The number of hydrogen-bond donors (Lipinski definition) is 3. The lowest BCUT2D eigenvalue weighted by Crippen LogP contribution is -2.19. The predicted molar refractivity (Wildman–Crippen MR) is 51.9 cm³/mol. The SMILES string of the molecule is C=CC(=O)O.C=CCOCC(O)CO. The van der Waals surface area contributed by atoms with E-state index in [1.165, 1.54) is 0 Å². The van der Waals surface area contributed by atoms with E-state index in [4.69, 9.17) is 20.1 Å². The first-order chi connectivity index (χ1) is 6.58. The largest absolute Gasteiger partial charge is 0.478 e. The van der Waals surface area contributed by atoms with Crippen molar-refractivity contribution in [3.05, 3.63) is 25.3 Å². The first kappa shape index (κ1) is 15.3. The van der Waals surface area contributed by atoms with Gasteiger partial charge in [-0.05, 0) is 0 Å². The van der Waals surface area contributed by atoms with Crippen molar-refractivity contribution in [1.82, 2.24) is 0 Å². The highest BCUT2D eigenvalue weighted by Gasteiger charge is 1.98. The van der Waals surface area contributed by atoms with E-state index in [0.29, 0.717) is 6.61 Å². The average Bonchev–Trinajstić information content (AvgIpc) is 2.19. The molecule has 0 spiro atoms. The second kappa shape index (κ2) is 11.8. The van der Waals surface area contributed by atoms with Crippen molar-refractivity contribution >= 4 is 5.97 Å². The Labute approximate surface area is 82.9 Å². The molecule has 0 aromatic rings. The Bertz CT molecular complexity index is 167. The van der Waals surface area contributed by atoms with Crippen LogP contribution in [-0.4, -0.2) is 47.2 Å². The van der Waals surface area contributed by atoms with E-state index in [1.54, 1.807) is 6.08 Å². The van der Waals surface area contributed by atoms with Crippen LogP contribution in [0, 0.1) is 0 Å². The Balaban J connectivity index is 0. The highest BCUT2D eigenvalue weighted by atomic mass is 16.5. The Kier molecular flexibility index (Phi) is 12.9. The van der Waals surface area contributed by atoms with Gasteiger partial charge in [0.25, 0.3) is 0 Å². The van der Waals surface area contributed by atoms with Gasteiger partial charge in [0.05, 0.1) is 19.8 Å². The van der Waals surface area contributed by atoms with Crippen molar-refractivity contribution < 1.29 is 24.9 Å². The number of carboxylic acids is 1. The van der Waals surface area contributed by atoms with E-state index in [2.05, 4.69) is 13.2 Å². The summed E-state index contributed by atoms with van der Waals surface area (Å²) in [6.45, 7) is 6.70. The van der Waals surface area contributed by atoms with E-state index < -0.39 is 12.1 Å². The number of hydrogen-bond acceptors (Lipinski definition) is 4. The Hall–Kier alpha value is -1.17. The minimum atomic E-state index is -0.981. The van der Waals surface area contributed by atoms with Crippen LogP contribution in [0.4, 0.5) is 0 Å². The fourth-order valence-electron chi connectivity index (χ4n) is 0.340. The smallest absolute Gasteiger partial charge is 0.327 e. The monoisotopic (exact) mass is 204 g/mol. The molecule has 0 aliphatic rings. The average molecular weight is 204 g/mol. The molecule has 1 atom stereocenters. The highest BCUT2D eigenvalue weighted by Crippen LogP contribution is 1.82. The topological polar surface area (TPSA) is 87.0 Å². The number of carboxylic acid groups (broad SMARTS) is 1. The fraction of sp³-hybridized carbons (Fsp3) is 0.444. The van der Waals surface area contributed by atoms with Gasteiger partial charge in [-0.3, -0.25) is 0 Å². The van der Waals surface area contributed by atoms with Gasteiger partial charge < -0.3 is 20.1 Å². The first-order valence-corrected chi connectivity index (χ1v) is 3.91. The molecule has 0 amide bonds. The van der Waals surface area contributed by atoms with Crippen LogP contribution in [0.15, 0.2) is 25.3 Å². The third-order valence-corrected chi connectivity index (χ3v) is 0.931. The molecule has 0 radical (unpaired) electrons. The van der Waals surface area contributed by atoms with Gasteiger partial charge in [-0.15, -0.1) is 6.58 Å². The van der Waals surface area contributed by atoms with Crippen molar-refractivity contribution in [3.8, 4) is 0 Å². The van der Waals surface area contributed by atoms with E-state index in [0.717, 1.165) is 6.08 Å². The number of aliphatic hydroxyl groups is 2. The van der Waals surface area contributed by atoms with Gasteiger partial charge in [0.1, 0.15) is 6.10 Å². The van der Waals surface area contributed by atoms with Crippen molar-refractivity contribution in [3.63, 3.8) is 0 Å². The Morgan fingerprint density at radius 1 is 1.50 bits per heavy atom. The zero-order valence-corrected chi connectivity index (χ0v) is 7.93. The van der Waals surface area contributed by atoms with Gasteiger partial charge in [0.15, 0.2) is 0 Å². The molecule has 1 unspecified atom stereocenters. The van der Waals surface area contributed by atoms with Crippen LogP contribution in [0.3, 0.4) is 0 Å². The summed E-state index contributed by atoms with van der Waals surface area (Å²) in [4.78, 5) is 9.25. The molecular formula is C9H16O5. The summed E-state index contributed by atoms with van der Waals surface area (Å²) in [5.74, 6) is -0.981. The second-order valence-corrected chi connectivity index (χ2v) is 2.20. The van der Waals surface area contributed by atoms with Crippen LogP contribution in [0.1, 0.15) is 0 Å². The second-order valence-electron chi connectivity index (χ2n) is 2.20. The maximum absolute atomic E-state index is 9.25. The Morgan fingerprint density at radius 3 is 2.29 bits per heavy atom. The molecule has 0 aromatic heterocycles. The standard InChI is InChI=1S/C6H12O3.C3H4O2/c1-2-3-9-5-6(8)4-7;1-2-3(4)5/h2,6-8H,1,3-5H2;2H,1H2,(H,4,5). The van der Waals surface area contributed by atoms with Crippen LogP contribution < -0.4 is 0 Å². The molecule has 0 aromatic carbocycles. The van der Waals surface area contributed by atoms with Gasteiger partial charge in [0, 0.05) is 6.08 Å². The molecule has 0 aliphatic heterocycles. The quantitative estimate of drug-likeness (QED) is 0.317. The van der Waals surface area contributed by atoms with Crippen molar-refractivity contribution in [2.45, 2.75) is 6.10 Å².